The van der Waals surface area contributed by atoms with Gasteiger partial charge in [0.15, 0.2) is 0 Å². The molecule has 0 amide bonds. The molecular weight excluding hydrogens is 472 g/mol. The van der Waals surface area contributed by atoms with Gasteiger partial charge in [-0.15, -0.1) is 0 Å². The van der Waals surface area contributed by atoms with Gasteiger partial charge >= 0.3 is 11.9 Å². The predicted octanol–water partition coefficient (Wildman–Crippen LogP) is 4.13. The van der Waals surface area contributed by atoms with Gasteiger partial charge in [0, 0.05) is 51.2 Å². The zero-order valence-corrected chi connectivity index (χ0v) is 23.0. The molecule has 0 aromatic rings. The molecule has 0 N–H and O–H groups in total. The summed E-state index contributed by atoms with van der Waals surface area (Å²) in [6, 6.07) is 0. The van der Waals surface area contributed by atoms with Crippen LogP contribution >= 0.6 is 0 Å². The number of fused-ring (bicyclic) bond motifs is 5. The molecule has 7 atom stereocenters. The second-order valence-corrected chi connectivity index (χ2v) is 12.3. The Balaban J connectivity index is 1.41. The maximum Gasteiger partial charge on any atom is 0.302 e. The van der Waals surface area contributed by atoms with Crippen molar-refractivity contribution in [2.75, 3.05) is 39.5 Å². The highest BCUT2D eigenvalue weighted by atomic mass is 16.6. The maximum atomic E-state index is 11.9. The Morgan fingerprint density at radius 2 is 1.78 bits per heavy atom. The van der Waals surface area contributed by atoms with Crippen LogP contribution in [0, 0.1) is 28.6 Å². The highest BCUT2D eigenvalue weighted by Gasteiger charge is 2.61. The lowest BCUT2D eigenvalue weighted by Gasteiger charge is -2.57. The third kappa shape index (κ3) is 5.20. The van der Waals surface area contributed by atoms with Crippen molar-refractivity contribution in [1.82, 2.24) is 4.90 Å². The van der Waals surface area contributed by atoms with Crippen molar-refractivity contribution in [3.63, 3.8) is 0 Å². The molecule has 0 aromatic carbocycles. The molecule has 0 unspecified atom stereocenters. The molecule has 0 bridgehead atoms. The highest BCUT2D eigenvalue weighted by molar-refractivity contribution is 5.99. The molecule has 1 heterocycles. The predicted molar refractivity (Wildman–Crippen MR) is 139 cm³/mol. The molecule has 0 radical (unpaired) electrons. The van der Waals surface area contributed by atoms with Gasteiger partial charge in [-0.05, 0) is 61.9 Å². The van der Waals surface area contributed by atoms with Gasteiger partial charge in [-0.3, -0.25) is 14.5 Å². The summed E-state index contributed by atoms with van der Waals surface area (Å²) < 4.78 is 17.0. The number of carbonyl (C=O) groups excluding carboxylic acids is 2. The highest BCUT2D eigenvalue weighted by Crippen LogP contribution is 2.64. The molecule has 8 heteroatoms. The van der Waals surface area contributed by atoms with Gasteiger partial charge in [-0.25, -0.2) is 0 Å². The SMILES string of the molecule is CC(=O)O[C@H]1CC[C@@]2(C)C(=C/C(=N\OCCN3CCOCC3)[C@H]3[C@@H]4CC[C@H](OC(C)=O)[C@@]4(C)CC[C@@H]32)C1. The Hall–Kier alpha value is -1.93. The molecular formula is C29H44N2O6. The number of rotatable bonds is 6. The van der Waals surface area contributed by atoms with Crippen LogP contribution in [0.3, 0.4) is 0 Å². The van der Waals surface area contributed by atoms with Crippen LogP contribution in [0.5, 0.6) is 0 Å². The molecule has 37 heavy (non-hydrogen) atoms. The van der Waals surface area contributed by atoms with E-state index in [0.717, 1.165) is 83.5 Å². The molecule has 4 fully saturated rings. The Morgan fingerprint density at radius 3 is 2.51 bits per heavy atom. The Labute approximate surface area is 221 Å². The molecule has 4 aliphatic carbocycles. The number of morpholine rings is 1. The first-order valence-corrected chi connectivity index (χ1v) is 14.3. The smallest absolute Gasteiger partial charge is 0.302 e. The minimum absolute atomic E-state index is 0.0303. The fraction of sp³-hybridized carbons (Fsp3) is 0.828. The summed E-state index contributed by atoms with van der Waals surface area (Å²) in [7, 11) is 0. The van der Waals surface area contributed by atoms with Gasteiger partial charge in [-0.1, -0.05) is 24.6 Å². The average Bonchev–Trinajstić information content (AvgIpc) is 3.18. The third-order valence-electron chi connectivity index (χ3n) is 10.2. The first-order valence-electron chi connectivity index (χ1n) is 14.3. The number of nitrogens with zero attached hydrogens (tertiary/aromatic N) is 2. The summed E-state index contributed by atoms with van der Waals surface area (Å²) >= 11 is 0. The fourth-order valence-electron chi connectivity index (χ4n) is 8.27. The molecule has 1 aliphatic heterocycles. The van der Waals surface area contributed by atoms with E-state index in [1.165, 1.54) is 19.4 Å². The van der Waals surface area contributed by atoms with Gasteiger partial charge in [0.2, 0.25) is 0 Å². The Morgan fingerprint density at radius 1 is 1.03 bits per heavy atom. The van der Waals surface area contributed by atoms with Crippen molar-refractivity contribution in [1.29, 1.82) is 0 Å². The van der Waals surface area contributed by atoms with Crippen LogP contribution in [0.25, 0.3) is 0 Å². The topological polar surface area (TPSA) is 86.7 Å². The summed E-state index contributed by atoms with van der Waals surface area (Å²) in [5.41, 5.74) is 2.40. The Bertz CT molecular complexity index is 943. The van der Waals surface area contributed by atoms with Crippen LogP contribution in [-0.4, -0.2) is 74.2 Å². The largest absolute Gasteiger partial charge is 0.462 e. The summed E-state index contributed by atoms with van der Waals surface area (Å²) in [5.74, 6) is 0.747. The van der Waals surface area contributed by atoms with Crippen molar-refractivity contribution in [2.45, 2.75) is 84.8 Å². The van der Waals surface area contributed by atoms with Gasteiger partial charge in [0.25, 0.3) is 0 Å². The van der Waals surface area contributed by atoms with E-state index in [1.807, 2.05) is 0 Å². The maximum absolute atomic E-state index is 11.9. The zero-order chi connectivity index (χ0) is 26.2. The van der Waals surface area contributed by atoms with Gasteiger partial charge < -0.3 is 19.0 Å². The number of hydrogen-bond acceptors (Lipinski definition) is 8. The summed E-state index contributed by atoms with van der Waals surface area (Å²) in [6.45, 7) is 12.6. The molecule has 0 aromatic heterocycles. The lowest BCUT2D eigenvalue weighted by atomic mass is 9.47. The van der Waals surface area contributed by atoms with E-state index in [0.29, 0.717) is 18.4 Å². The molecule has 1 saturated heterocycles. The van der Waals surface area contributed by atoms with Crippen LogP contribution in [0.15, 0.2) is 16.8 Å². The van der Waals surface area contributed by atoms with E-state index >= 15 is 0 Å². The Kier molecular flexibility index (Phi) is 7.70. The fourth-order valence-corrected chi connectivity index (χ4v) is 8.27. The first-order chi connectivity index (χ1) is 17.7. The minimum Gasteiger partial charge on any atom is -0.462 e. The van der Waals surface area contributed by atoms with Crippen molar-refractivity contribution in [2.24, 2.45) is 33.7 Å². The van der Waals surface area contributed by atoms with Gasteiger partial charge in [0.05, 0.1) is 18.9 Å². The number of carbonyl (C=O) groups is 2. The third-order valence-corrected chi connectivity index (χ3v) is 10.2. The number of hydrogen-bond donors (Lipinski definition) is 0. The molecule has 206 valence electrons. The van der Waals surface area contributed by atoms with Crippen LogP contribution in [-0.2, 0) is 28.6 Å². The number of oxime groups is 1. The van der Waals surface area contributed by atoms with Crippen LogP contribution in [0.2, 0.25) is 0 Å². The normalized spacial score (nSPS) is 40.7. The van der Waals surface area contributed by atoms with Crippen LogP contribution in [0.4, 0.5) is 0 Å². The molecule has 0 spiro atoms. The summed E-state index contributed by atoms with van der Waals surface area (Å²) in [6.07, 6.45) is 8.95. The van der Waals surface area contributed by atoms with Crippen molar-refractivity contribution in [3.8, 4) is 0 Å². The molecule has 5 rings (SSSR count). The average molecular weight is 517 g/mol. The van der Waals surface area contributed by atoms with Gasteiger partial charge in [0.1, 0.15) is 18.8 Å². The van der Waals surface area contributed by atoms with E-state index in [-0.39, 0.29) is 40.9 Å². The number of esters is 2. The standard InChI is InChI=1S/C29H44N2O6/c1-19(32)36-22-7-9-28(3)21(17-22)18-25(30-35-16-13-31-11-14-34-15-12-31)27-23-5-6-26(37-20(2)33)29(23,4)10-8-24(27)28/h18,22-24,26-27H,5-17H2,1-4H3/b30-25+/t22-,23-,24-,26-,27-,28-,29-/m0/s1. The lowest BCUT2D eigenvalue weighted by Crippen LogP contribution is -2.54. The monoisotopic (exact) mass is 516 g/mol. The van der Waals surface area contributed by atoms with Crippen LogP contribution in [0.1, 0.15) is 72.6 Å². The number of ether oxygens (including phenoxy) is 3. The zero-order valence-electron chi connectivity index (χ0n) is 23.0. The van der Waals surface area contributed by atoms with Gasteiger partial charge in [-0.2, -0.15) is 0 Å². The van der Waals surface area contributed by atoms with Crippen molar-refractivity contribution < 1.29 is 28.6 Å². The lowest BCUT2D eigenvalue weighted by molar-refractivity contribution is -0.155. The number of allylic oxidation sites excluding steroid dienone is 1. The van der Waals surface area contributed by atoms with E-state index in [1.54, 1.807) is 0 Å². The van der Waals surface area contributed by atoms with E-state index in [4.69, 9.17) is 24.2 Å². The minimum atomic E-state index is -0.209. The van der Waals surface area contributed by atoms with Crippen molar-refractivity contribution in [3.05, 3.63) is 11.6 Å². The second-order valence-electron chi connectivity index (χ2n) is 12.3. The van der Waals surface area contributed by atoms with E-state index < -0.39 is 0 Å². The van der Waals surface area contributed by atoms with E-state index in [2.05, 4.69) is 24.8 Å². The van der Waals surface area contributed by atoms with Crippen LogP contribution < -0.4 is 0 Å². The quantitative estimate of drug-likeness (QED) is 0.298. The summed E-state index contributed by atoms with van der Waals surface area (Å²) in [5, 5.41) is 4.80. The van der Waals surface area contributed by atoms with Crippen molar-refractivity contribution >= 4 is 17.7 Å². The molecule has 5 aliphatic rings. The van der Waals surface area contributed by atoms with E-state index in [9.17, 15) is 9.59 Å². The molecule has 8 nitrogen and oxygen atoms in total. The molecule has 3 saturated carbocycles. The first kappa shape index (κ1) is 26.7. The second kappa shape index (κ2) is 10.7. The summed E-state index contributed by atoms with van der Waals surface area (Å²) in [4.78, 5) is 31.9.